The molecule has 2 aliphatic rings. The molecule has 1 saturated heterocycles. The topological polar surface area (TPSA) is 53.9 Å². The van der Waals surface area contributed by atoms with Crippen LogP contribution in [0.1, 0.15) is 34.1 Å². The molecule has 21 heavy (non-hydrogen) atoms. The Hall–Kier alpha value is -0.750. The largest absolute Gasteiger partial charge is 0.378 e. The van der Waals surface area contributed by atoms with E-state index in [9.17, 15) is 4.79 Å². The van der Waals surface area contributed by atoms with E-state index in [1.807, 2.05) is 11.8 Å². The Bertz CT molecular complexity index is 400. The molecule has 1 amide bonds. The Labute approximate surface area is 131 Å². The van der Waals surface area contributed by atoms with E-state index in [-0.39, 0.29) is 11.9 Å². The minimum atomic E-state index is -0.220. The molecule has 2 rings (SSSR count). The van der Waals surface area contributed by atoms with Crippen molar-refractivity contribution < 1.29 is 9.53 Å². The Morgan fingerprint density at radius 3 is 2.76 bits per heavy atom. The van der Waals surface area contributed by atoms with Crippen LogP contribution in [-0.2, 0) is 9.53 Å². The zero-order valence-corrected chi connectivity index (χ0v) is 14.3. The van der Waals surface area contributed by atoms with E-state index >= 15 is 0 Å². The van der Waals surface area contributed by atoms with Crippen molar-refractivity contribution in [2.75, 3.05) is 32.8 Å². The Balaban J connectivity index is 1.78. The fraction of sp³-hybridized carbons (Fsp3) is 0.867. The fourth-order valence-electron chi connectivity index (χ4n) is 2.59. The van der Waals surface area contributed by atoms with Gasteiger partial charge in [-0.3, -0.25) is 9.79 Å². The second-order valence-corrected chi connectivity index (χ2v) is 8.24. The monoisotopic (exact) mass is 313 g/mol. The van der Waals surface area contributed by atoms with Gasteiger partial charge in [-0.1, -0.05) is 32.5 Å². The Morgan fingerprint density at radius 2 is 2.14 bits per heavy atom. The summed E-state index contributed by atoms with van der Waals surface area (Å²) in [6, 6.07) is -0.220. The highest BCUT2D eigenvalue weighted by molar-refractivity contribution is 8.14. The van der Waals surface area contributed by atoms with Gasteiger partial charge in [0.25, 0.3) is 0 Å². The van der Waals surface area contributed by atoms with Crippen molar-refractivity contribution in [2.45, 2.75) is 45.4 Å². The number of carbonyl (C=O) groups excluding carboxylic acids is 1. The van der Waals surface area contributed by atoms with Gasteiger partial charge in [0.15, 0.2) is 5.17 Å². The molecule has 0 aliphatic carbocycles. The number of amidine groups is 1. The molecule has 2 atom stereocenters. The maximum absolute atomic E-state index is 12.3. The summed E-state index contributed by atoms with van der Waals surface area (Å²) in [5.41, 5.74) is 0.317. The summed E-state index contributed by atoms with van der Waals surface area (Å²) < 4.78 is 5.28. The minimum Gasteiger partial charge on any atom is -0.378 e. The van der Waals surface area contributed by atoms with Gasteiger partial charge in [0, 0.05) is 18.3 Å². The first kappa shape index (κ1) is 16.6. The van der Waals surface area contributed by atoms with E-state index in [1.165, 1.54) is 0 Å². The predicted octanol–water partition coefficient (Wildman–Crippen LogP) is 1.73. The predicted molar refractivity (Wildman–Crippen MR) is 87.7 cm³/mol. The fourth-order valence-corrected chi connectivity index (χ4v) is 4.03. The molecule has 0 aromatic rings. The number of nitrogens with one attached hydrogen (secondary N) is 1. The maximum Gasteiger partial charge on any atom is 0.244 e. The van der Waals surface area contributed by atoms with Crippen LogP contribution < -0.4 is 5.32 Å². The second-order valence-electron chi connectivity index (χ2n) is 6.95. The quantitative estimate of drug-likeness (QED) is 0.862. The molecule has 0 aromatic carbocycles. The van der Waals surface area contributed by atoms with E-state index in [4.69, 9.17) is 4.74 Å². The Kier molecular flexibility index (Phi) is 5.54. The van der Waals surface area contributed by atoms with Crippen LogP contribution in [0.4, 0.5) is 0 Å². The van der Waals surface area contributed by atoms with Crippen LogP contribution >= 0.6 is 11.8 Å². The normalized spacial score (nSPS) is 24.7. The average molecular weight is 313 g/mol. The number of nitrogens with zero attached hydrogens (tertiary/aromatic N) is 2. The molecule has 0 radical (unpaired) electrons. The number of hydrogen-bond acceptors (Lipinski definition) is 5. The van der Waals surface area contributed by atoms with Crippen molar-refractivity contribution in [3.8, 4) is 0 Å². The zero-order chi connectivity index (χ0) is 15.5. The first-order chi connectivity index (χ1) is 9.85. The van der Waals surface area contributed by atoms with Gasteiger partial charge in [0.05, 0.1) is 19.8 Å². The lowest BCUT2D eigenvalue weighted by atomic mass is 9.90. The Morgan fingerprint density at radius 1 is 1.48 bits per heavy atom. The van der Waals surface area contributed by atoms with Crippen molar-refractivity contribution in [3.63, 3.8) is 0 Å². The zero-order valence-electron chi connectivity index (χ0n) is 13.5. The van der Waals surface area contributed by atoms with E-state index < -0.39 is 0 Å². The van der Waals surface area contributed by atoms with Crippen molar-refractivity contribution in [2.24, 2.45) is 10.4 Å². The van der Waals surface area contributed by atoms with Gasteiger partial charge in [0.2, 0.25) is 5.91 Å². The highest BCUT2D eigenvalue weighted by Crippen LogP contribution is 2.31. The van der Waals surface area contributed by atoms with Crippen LogP contribution in [0.25, 0.3) is 0 Å². The van der Waals surface area contributed by atoms with Gasteiger partial charge < -0.3 is 15.0 Å². The molecular formula is C15H27N3O2S. The van der Waals surface area contributed by atoms with Crippen molar-refractivity contribution in [1.82, 2.24) is 10.2 Å². The van der Waals surface area contributed by atoms with Crippen LogP contribution in [0.15, 0.2) is 4.99 Å². The number of aliphatic imine (C=N–C) groups is 1. The smallest absolute Gasteiger partial charge is 0.244 e. The van der Waals surface area contributed by atoms with E-state index in [2.05, 4.69) is 31.1 Å². The molecule has 2 aliphatic heterocycles. The summed E-state index contributed by atoms with van der Waals surface area (Å²) in [5, 5.41) is 4.71. The molecule has 5 nitrogen and oxygen atoms in total. The van der Waals surface area contributed by atoms with Gasteiger partial charge in [-0.2, -0.15) is 0 Å². The standard InChI is InChI=1S/C15H27N3O2S/c1-11(13(19)18-5-7-20-8-6-18)17-14-16-10-12(21-14)9-15(2,3)4/h11-12H,5-10H2,1-4H3,(H,16,17). The van der Waals surface area contributed by atoms with Crippen molar-refractivity contribution >= 4 is 22.8 Å². The molecule has 0 bridgehead atoms. The summed E-state index contributed by atoms with van der Waals surface area (Å²) in [7, 11) is 0. The van der Waals surface area contributed by atoms with Gasteiger partial charge in [-0.05, 0) is 18.8 Å². The summed E-state index contributed by atoms with van der Waals surface area (Å²) in [4.78, 5) is 18.8. The average Bonchev–Trinajstić information content (AvgIpc) is 2.83. The van der Waals surface area contributed by atoms with Crippen LogP contribution in [-0.4, -0.2) is 60.1 Å². The lowest BCUT2D eigenvalue weighted by Gasteiger charge is -2.29. The molecule has 0 spiro atoms. The third kappa shape index (κ3) is 5.18. The van der Waals surface area contributed by atoms with Gasteiger partial charge in [0.1, 0.15) is 6.04 Å². The molecule has 120 valence electrons. The molecule has 0 aromatic heterocycles. The van der Waals surface area contributed by atoms with E-state index in [1.54, 1.807) is 11.8 Å². The number of amides is 1. The number of morpholine rings is 1. The van der Waals surface area contributed by atoms with Gasteiger partial charge >= 0.3 is 0 Å². The molecule has 1 fully saturated rings. The number of carbonyl (C=O) groups is 1. The number of ether oxygens (including phenoxy) is 1. The van der Waals surface area contributed by atoms with Crippen molar-refractivity contribution in [3.05, 3.63) is 0 Å². The lowest BCUT2D eigenvalue weighted by molar-refractivity contribution is -0.136. The van der Waals surface area contributed by atoms with Crippen LogP contribution in [0.5, 0.6) is 0 Å². The molecule has 2 unspecified atom stereocenters. The summed E-state index contributed by atoms with van der Waals surface area (Å²) in [5.74, 6) is 0.140. The number of thioether (sulfide) groups is 1. The van der Waals surface area contributed by atoms with Crippen molar-refractivity contribution in [1.29, 1.82) is 0 Å². The highest BCUT2D eigenvalue weighted by Gasteiger charge is 2.28. The summed E-state index contributed by atoms with van der Waals surface area (Å²) in [6.45, 7) is 12.2. The van der Waals surface area contributed by atoms with Crippen LogP contribution in [0.3, 0.4) is 0 Å². The van der Waals surface area contributed by atoms with E-state index in [0.29, 0.717) is 37.0 Å². The van der Waals surface area contributed by atoms with Gasteiger partial charge in [-0.25, -0.2) is 0 Å². The SMILES string of the molecule is CC(NC1=NCC(CC(C)(C)C)S1)C(=O)N1CCOCC1. The lowest BCUT2D eigenvalue weighted by Crippen LogP contribution is -2.50. The highest BCUT2D eigenvalue weighted by atomic mass is 32.2. The molecule has 6 heteroatoms. The second kappa shape index (κ2) is 7.01. The first-order valence-electron chi connectivity index (χ1n) is 7.69. The molecule has 1 N–H and O–H groups in total. The van der Waals surface area contributed by atoms with E-state index in [0.717, 1.165) is 18.1 Å². The van der Waals surface area contributed by atoms with Crippen LogP contribution in [0, 0.1) is 5.41 Å². The molecule has 0 saturated carbocycles. The summed E-state index contributed by atoms with van der Waals surface area (Å²) >= 11 is 1.77. The molecular weight excluding hydrogens is 286 g/mol. The third-order valence-electron chi connectivity index (χ3n) is 3.59. The molecule has 2 heterocycles. The summed E-state index contributed by atoms with van der Waals surface area (Å²) in [6.07, 6.45) is 1.14. The number of rotatable bonds is 3. The maximum atomic E-state index is 12.3. The minimum absolute atomic E-state index is 0.140. The third-order valence-corrected chi connectivity index (χ3v) is 4.71. The number of hydrogen-bond donors (Lipinski definition) is 1. The first-order valence-corrected chi connectivity index (χ1v) is 8.57. The van der Waals surface area contributed by atoms with Gasteiger partial charge in [-0.15, -0.1) is 0 Å². The van der Waals surface area contributed by atoms with Crippen LogP contribution in [0.2, 0.25) is 0 Å².